The van der Waals surface area contributed by atoms with Crippen LogP contribution >= 0.6 is 12.6 Å². The highest BCUT2D eigenvalue weighted by Gasteiger charge is 2.76. The number of alkyl halides is 2. The number of carbonyl (C=O) groups excluding carboxylic acids is 2. The predicted octanol–water partition coefficient (Wildman–Crippen LogP) is 2.78. The molecule has 0 saturated heterocycles. The van der Waals surface area contributed by atoms with Crippen LogP contribution in [-0.2, 0) is 9.59 Å². The van der Waals surface area contributed by atoms with Crippen molar-refractivity contribution in [2.45, 2.75) is 63.6 Å². The van der Waals surface area contributed by atoms with E-state index < -0.39 is 57.9 Å². The normalized spacial score (nSPS) is 53.7. The Morgan fingerprint density at radius 3 is 2.59 bits per heavy atom. The first kappa shape index (κ1) is 21.2. The smallest absolute Gasteiger partial charge is 0.178 e. The molecule has 29 heavy (non-hydrogen) atoms. The maximum atomic E-state index is 16.9. The van der Waals surface area contributed by atoms with Crippen molar-refractivity contribution in [2.75, 3.05) is 5.75 Å². The van der Waals surface area contributed by atoms with Crippen LogP contribution in [0.25, 0.3) is 0 Å². The Morgan fingerprint density at radius 2 is 1.97 bits per heavy atom. The lowest BCUT2D eigenvalue weighted by Gasteiger charge is -2.63. The SMILES string of the molecule is CC1C[C@H]2[C@@H]3CC(F)C4=CC(=O)C=C[C@]4(C)[C@@]3(F)C(O)C[C@]2(C)[C@@]1(O)C(=O)CS. The van der Waals surface area contributed by atoms with Gasteiger partial charge in [-0.3, -0.25) is 9.59 Å². The Hall–Kier alpha value is -1.05. The van der Waals surface area contributed by atoms with Gasteiger partial charge in [0, 0.05) is 16.7 Å². The van der Waals surface area contributed by atoms with Crippen molar-refractivity contribution in [3.63, 3.8) is 0 Å². The molecule has 0 heterocycles. The summed E-state index contributed by atoms with van der Waals surface area (Å²) >= 11 is 4.05. The first-order chi connectivity index (χ1) is 13.4. The van der Waals surface area contributed by atoms with Crippen LogP contribution in [0.2, 0.25) is 0 Å². The number of halogens is 2. The Balaban J connectivity index is 1.87. The van der Waals surface area contributed by atoms with Gasteiger partial charge >= 0.3 is 0 Å². The zero-order chi connectivity index (χ0) is 21.6. The fourth-order valence-corrected chi connectivity index (χ4v) is 7.50. The lowest BCUT2D eigenvalue weighted by atomic mass is 9.44. The van der Waals surface area contributed by atoms with Crippen molar-refractivity contribution in [1.82, 2.24) is 0 Å². The average Bonchev–Trinajstić information content (AvgIpc) is 2.86. The van der Waals surface area contributed by atoms with E-state index in [1.165, 1.54) is 19.1 Å². The van der Waals surface area contributed by atoms with Crippen LogP contribution in [0.1, 0.15) is 40.0 Å². The molecule has 4 aliphatic rings. The average molecular weight is 427 g/mol. The lowest BCUT2D eigenvalue weighted by Crippen LogP contribution is -2.70. The molecule has 3 unspecified atom stereocenters. The molecule has 3 fully saturated rings. The molecule has 0 aliphatic heterocycles. The van der Waals surface area contributed by atoms with Gasteiger partial charge in [0.05, 0.1) is 11.9 Å². The summed E-state index contributed by atoms with van der Waals surface area (Å²) in [4.78, 5) is 24.5. The van der Waals surface area contributed by atoms with E-state index in [9.17, 15) is 19.8 Å². The molecule has 0 amide bonds. The largest absolute Gasteiger partial charge is 0.390 e. The number of rotatable bonds is 2. The molecule has 4 rings (SSSR count). The van der Waals surface area contributed by atoms with Crippen molar-refractivity contribution in [3.8, 4) is 0 Å². The molecule has 0 spiro atoms. The minimum absolute atomic E-state index is 0.0687. The van der Waals surface area contributed by atoms with E-state index in [1.807, 2.05) is 0 Å². The van der Waals surface area contributed by atoms with Crippen molar-refractivity contribution in [1.29, 1.82) is 0 Å². The van der Waals surface area contributed by atoms with Crippen molar-refractivity contribution >= 4 is 24.2 Å². The van der Waals surface area contributed by atoms with Gasteiger partial charge < -0.3 is 10.2 Å². The van der Waals surface area contributed by atoms with E-state index in [2.05, 4.69) is 12.6 Å². The van der Waals surface area contributed by atoms with E-state index >= 15 is 8.78 Å². The van der Waals surface area contributed by atoms with E-state index in [0.29, 0.717) is 6.42 Å². The third-order valence-electron chi connectivity index (χ3n) is 8.78. The van der Waals surface area contributed by atoms with Crippen molar-refractivity contribution < 1.29 is 28.6 Å². The van der Waals surface area contributed by atoms with Gasteiger partial charge in [-0.2, -0.15) is 12.6 Å². The van der Waals surface area contributed by atoms with Crippen molar-refractivity contribution in [3.05, 3.63) is 23.8 Å². The minimum Gasteiger partial charge on any atom is -0.390 e. The maximum absolute atomic E-state index is 16.9. The summed E-state index contributed by atoms with van der Waals surface area (Å²) in [5.41, 5.74) is -6.42. The zero-order valence-corrected chi connectivity index (χ0v) is 17.8. The number of ketones is 2. The summed E-state index contributed by atoms with van der Waals surface area (Å²) in [7, 11) is 0. The highest BCUT2D eigenvalue weighted by molar-refractivity contribution is 7.81. The quantitative estimate of drug-likeness (QED) is 0.594. The van der Waals surface area contributed by atoms with Gasteiger partial charge in [-0.15, -0.1) is 0 Å². The molecule has 3 saturated carbocycles. The van der Waals surface area contributed by atoms with Crippen LogP contribution in [0.3, 0.4) is 0 Å². The molecule has 0 aromatic heterocycles. The second-order valence-electron chi connectivity index (χ2n) is 9.84. The number of aliphatic hydroxyl groups is 2. The second-order valence-corrected chi connectivity index (χ2v) is 10.2. The van der Waals surface area contributed by atoms with Crippen LogP contribution in [0.5, 0.6) is 0 Å². The number of fused-ring (bicyclic) bond motifs is 5. The summed E-state index contributed by atoms with van der Waals surface area (Å²) in [6.45, 7) is 5.00. The molecule has 4 nitrogen and oxygen atoms in total. The Morgan fingerprint density at radius 1 is 1.31 bits per heavy atom. The third kappa shape index (κ3) is 2.27. The summed E-state index contributed by atoms with van der Waals surface area (Å²) in [6, 6.07) is 0. The molecule has 4 aliphatic carbocycles. The number of aliphatic hydroxyl groups excluding tert-OH is 1. The van der Waals surface area contributed by atoms with Crippen LogP contribution in [0.4, 0.5) is 8.78 Å². The topological polar surface area (TPSA) is 74.6 Å². The summed E-state index contributed by atoms with van der Waals surface area (Å²) < 4.78 is 32.2. The molecule has 160 valence electrons. The molecule has 2 N–H and O–H groups in total. The first-order valence-electron chi connectivity index (χ1n) is 10.2. The zero-order valence-electron chi connectivity index (χ0n) is 16.9. The van der Waals surface area contributed by atoms with Gasteiger partial charge in [0.1, 0.15) is 11.8 Å². The summed E-state index contributed by atoms with van der Waals surface area (Å²) in [5, 5.41) is 22.6. The number of hydrogen-bond acceptors (Lipinski definition) is 5. The molecule has 7 heteroatoms. The molecule has 0 bridgehead atoms. The second kappa shape index (κ2) is 6.24. The summed E-state index contributed by atoms with van der Waals surface area (Å²) in [6.07, 6.45) is 0.790. The minimum atomic E-state index is -2.20. The fourth-order valence-electron chi connectivity index (χ4n) is 7.25. The van der Waals surface area contributed by atoms with Gasteiger partial charge in [-0.25, -0.2) is 8.78 Å². The number of Topliss-reactive ketones (excluding diaryl/α,β-unsaturated/α-hetero) is 1. The van der Waals surface area contributed by atoms with Crippen LogP contribution in [-0.4, -0.2) is 51.1 Å². The Bertz CT molecular complexity index is 843. The van der Waals surface area contributed by atoms with Gasteiger partial charge in [0.25, 0.3) is 0 Å². The van der Waals surface area contributed by atoms with Gasteiger partial charge in [0.2, 0.25) is 0 Å². The number of thiol groups is 1. The fraction of sp³-hybridized carbons (Fsp3) is 0.727. The van der Waals surface area contributed by atoms with Gasteiger partial charge in [0.15, 0.2) is 17.2 Å². The van der Waals surface area contributed by atoms with Gasteiger partial charge in [-0.1, -0.05) is 19.9 Å². The lowest BCUT2D eigenvalue weighted by molar-refractivity contribution is -0.222. The predicted molar refractivity (Wildman–Crippen MR) is 107 cm³/mol. The maximum Gasteiger partial charge on any atom is 0.178 e. The molecule has 0 radical (unpaired) electrons. The Labute approximate surface area is 174 Å². The molecular formula is C22H28F2O4S. The van der Waals surface area contributed by atoms with Gasteiger partial charge in [-0.05, 0) is 55.7 Å². The van der Waals surface area contributed by atoms with E-state index in [0.717, 1.165) is 6.08 Å². The van der Waals surface area contributed by atoms with E-state index in [1.54, 1.807) is 13.8 Å². The molecule has 9 atom stereocenters. The highest BCUT2D eigenvalue weighted by Crippen LogP contribution is 2.70. The summed E-state index contributed by atoms with van der Waals surface area (Å²) in [5.74, 6) is -2.83. The van der Waals surface area contributed by atoms with Crippen LogP contribution < -0.4 is 0 Å². The number of carbonyl (C=O) groups is 2. The standard InChI is InChI=1S/C22H28F2O4S/c1-11-6-13-14-8-16(23)15-7-12(25)4-5-19(15,2)21(14,24)17(26)9-20(13,3)22(11,28)18(27)10-29/h4-5,7,11,13-14,16-17,26,28-29H,6,8-10H2,1-3H3/t11?,13-,14-,16?,17?,19-,20-,21-,22-/m0/s1. The Kier molecular flexibility index (Phi) is 4.56. The molecular weight excluding hydrogens is 398 g/mol. The number of allylic oxidation sites excluding steroid dienone is 4. The van der Waals surface area contributed by atoms with Crippen LogP contribution in [0.15, 0.2) is 23.8 Å². The molecule has 0 aromatic rings. The highest BCUT2D eigenvalue weighted by atomic mass is 32.1. The van der Waals surface area contributed by atoms with E-state index in [-0.39, 0.29) is 30.0 Å². The number of hydrogen-bond donors (Lipinski definition) is 3. The first-order valence-corrected chi connectivity index (χ1v) is 10.8. The van der Waals surface area contributed by atoms with Crippen LogP contribution in [0, 0.1) is 28.6 Å². The van der Waals surface area contributed by atoms with Crippen molar-refractivity contribution in [2.24, 2.45) is 28.6 Å². The third-order valence-corrected chi connectivity index (χ3v) is 9.07. The van der Waals surface area contributed by atoms with E-state index in [4.69, 9.17) is 0 Å². The molecule has 0 aromatic carbocycles. The monoisotopic (exact) mass is 426 g/mol.